The lowest BCUT2D eigenvalue weighted by Crippen LogP contribution is -2.38. The van der Waals surface area contributed by atoms with Gasteiger partial charge < -0.3 is 10.6 Å². The summed E-state index contributed by atoms with van der Waals surface area (Å²) in [6.45, 7) is 0. The predicted octanol–water partition coefficient (Wildman–Crippen LogP) is 6.21. The first-order chi connectivity index (χ1) is 20.6. The molecule has 0 heterocycles. The summed E-state index contributed by atoms with van der Waals surface area (Å²) < 4.78 is 0. The second-order valence-corrected chi connectivity index (χ2v) is 13.0. The number of thioether (sulfide) groups is 2. The summed E-state index contributed by atoms with van der Waals surface area (Å²) >= 11 is 3.66. The molecule has 2 rings (SSSR count). The molecule has 42 heavy (non-hydrogen) atoms. The van der Waals surface area contributed by atoms with Crippen LogP contribution < -0.4 is 10.6 Å². The van der Waals surface area contributed by atoms with E-state index in [9.17, 15) is 19.2 Å². The van der Waals surface area contributed by atoms with Gasteiger partial charge in [0.2, 0.25) is 12.8 Å². The molecule has 2 N–H and O–H groups in total. The highest BCUT2D eigenvalue weighted by Gasteiger charge is 2.18. The van der Waals surface area contributed by atoms with Crippen LogP contribution in [0, 0.1) is 0 Å². The molecule has 0 radical (unpaired) electrons. The van der Waals surface area contributed by atoms with Crippen molar-refractivity contribution in [2.45, 2.75) is 89.1 Å². The van der Waals surface area contributed by atoms with E-state index in [0.29, 0.717) is 38.5 Å². The second-order valence-electron chi connectivity index (χ2n) is 10.5. The summed E-state index contributed by atoms with van der Waals surface area (Å²) in [5.74, 6) is 3.97. The fourth-order valence-corrected chi connectivity index (χ4v) is 6.68. The summed E-state index contributed by atoms with van der Waals surface area (Å²) in [5.41, 5.74) is 2.11. The van der Waals surface area contributed by atoms with Crippen molar-refractivity contribution in [3.05, 3.63) is 71.8 Å². The third kappa shape index (κ3) is 16.8. The number of nitrogens with one attached hydrogen (secondary N) is 2. The van der Waals surface area contributed by atoms with Crippen LogP contribution in [-0.2, 0) is 32.0 Å². The van der Waals surface area contributed by atoms with Crippen molar-refractivity contribution in [3.8, 4) is 0 Å². The second kappa shape index (κ2) is 23.9. The number of amides is 2. The van der Waals surface area contributed by atoms with Crippen LogP contribution in [-0.4, -0.2) is 59.5 Å². The number of Topliss-reactive ketones (excluding diaryl/α,β-unsaturated/α-hetero) is 2. The van der Waals surface area contributed by atoms with Crippen LogP contribution in [0.25, 0.3) is 0 Å². The number of benzene rings is 2. The normalized spacial score (nSPS) is 12.3. The molecule has 0 aliphatic rings. The van der Waals surface area contributed by atoms with Crippen molar-refractivity contribution in [2.75, 3.05) is 23.0 Å². The van der Waals surface area contributed by atoms with Gasteiger partial charge >= 0.3 is 0 Å². The lowest BCUT2D eigenvalue weighted by atomic mass is 10.0. The molecule has 0 spiro atoms. The molecule has 0 fully saturated rings. The quantitative estimate of drug-likeness (QED) is 0.0921. The van der Waals surface area contributed by atoms with Crippen molar-refractivity contribution in [1.82, 2.24) is 10.6 Å². The van der Waals surface area contributed by atoms with Gasteiger partial charge in [-0.05, 0) is 48.3 Å². The van der Waals surface area contributed by atoms with E-state index >= 15 is 0 Å². The first-order valence-corrected chi connectivity index (χ1v) is 17.6. The largest absolute Gasteiger partial charge is 0.349 e. The van der Waals surface area contributed by atoms with Gasteiger partial charge in [0.1, 0.15) is 0 Å². The number of hydrogen-bond donors (Lipinski definition) is 2. The van der Waals surface area contributed by atoms with Gasteiger partial charge in [-0.3, -0.25) is 19.2 Å². The summed E-state index contributed by atoms with van der Waals surface area (Å²) in [7, 11) is 0. The molecular formula is C34H48N2O4S2. The van der Waals surface area contributed by atoms with E-state index < -0.39 is 12.1 Å². The van der Waals surface area contributed by atoms with Gasteiger partial charge in [0.05, 0.1) is 12.1 Å². The Hall–Kier alpha value is -2.58. The Bertz CT molecular complexity index is 926. The van der Waals surface area contributed by atoms with Crippen LogP contribution in [0.4, 0.5) is 0 Å². The molecule has 0 aliphatic carbocycles. The first kappa shape index (κ1) is 35.6. The van der Waals surface area contributed by atoms with E-state index in [4.69, 9.17) is 0 Å². The molecule has 0 saturated heterocycles. The summed E-state index contributed by atoms with van der Waals surface area (Å²) in [6.07, 6.45) is 13.2. The van der Waals surface area contributed by atoms with E-state index in [-0.39, 0.29) is 11.6 Å². The molecule has 2 unspecified atom stereocenters. The van der Waals surface area contributed by atoms with Gasteiger partial charge in [-0.2, -0.15) is 23.5 Å². The molecule has 0 saturated carbocycles. The van der Waals surface area contributed by atoms with Crippen LogP contribution in [0.2, 0.25) is 0 Å². The zero-order chi connectivity index (χ0) is 30.1. The van der Waals surface area contributed by atoms with E-state index in [1.54, 1.807) is 0 Å². The average molecular weight is 613 g/mol. The van der Waals surface area contributed by atoms with Crippen LogP contribution in [0.1, 0.15) is 75.3 Å². The minimum absolute atomic E-state index is 0.102. The summed E-state index contributed by atoms with van der Waals surface area (Å²) in [5, 5.41) is 5.37. The average Bonchev–Trinajstić information content (AvgIpc) is 3.01. The maximum Gasteiger partial charge on any atom is 0.207 e. The minimum Gasteiger partial charge on any atom is -0.349 e. The van der Waals surface area contributed by atoms with Crippen molar-refractivity contribution in [1.29, 1.82) is 0 Å². The van der Waals surface area contributed by atoms with Crippen LogP contribution >= 0.6 is 23.5 Å². The molecule has 6 nitrogen and oxygen atoms in total. The smallest absolute Gasteiger partial charge is 0.207 e. The summed E-state index contributed by atoms with van der Waals surface area (Å²) in [6, 6.07) is 18.7. The molecule has 0 bridgehead atoms. The lowest BCUT2D eigenvalue weighted by molar-refractivity contribution is -0.123. The predicted molar refractivity (Wildman–Crippen MR) is 177 cm³/mol. The zero-order valence-electron chi connectivity index (χ0n) is 24.8. The Kier molecular flexibility index (Phi) is 20.3. The molecule has 2 atom stereocenters. The van der Waals surface area contributed by atoms with Crippen molar-refractivity contribution >= 4 is 47.9 Å². The van der Waals surface area contributed by atoms with Crippen LogP contribution in [0.15, 0.2) is 60.7 Å². The van der Waals surface area contributed by atoms with Gasteiger partial charge in [0, 0.05) is 24.3 Å². The third-order valence-electron chi connectivity index (χ3n) is 7.19. The fourth-order valence-electron chi connectivity index (χ4n) is 4.76. The van der Waals surface area contributed by atoms with Crippen LogP contribution in [0.5, 0.6) is 0 Å². The van der Waals surface area contributed by atoms with Crippen molar-refractivity contribution < 1.29 is 19.2 Å². The van der Waals surface area contributed by atoms with Crippen molar-refractivity contribution in [3.63, 3.8) is 0 Å². The summed E-state index contributed by atoms with van der Waals surface area (Å²) in [4.78, 5) is 46.9. The SMILES string of the molecule is O=CNC(Cc1ccccc1)C(=O)CCSCCCCCCCCCCSCCC(=O)C(Cc1ccccc1)NC=O. The Morgan fingerprint density at radius 2 is 0.905 bits per heavy atom. The van der Waals surface area contributed by atoms with E-state index in [0.717, 1.165) is 34.1 Å². The van der Waals surface area contributed by atoms with E-state index in [1.165, 1.54) is 51.4 Å². The van der Waals surface area contributed by atoms with Gasteiger partial charge in [0.25, 0.3) is 0 Å². The number of rotatable bonds is 27. The van der Waals surface area contributed by atoms with E-state index in [1.807, 2.05) is 84.2 Å². The van der Waals surface area contributed by atoms with Gasteiger partial charge in [-0.25, -0.2) is 0 Å². The van der Waals surface area contributed by atoms with Gasteiger partial charge in [0.15, 0.2) is 11.6 Å². The molecule has 0 aliphatic heterocycles. The highest BCUT2D eigenvalue weighted by Crippen LogP contribution is 2.15. The highest BCUT2D eigenvalue weighted by atomic mass is 32.2. The maximum absolute atomic E-state index is 12.5. The standard InChI is InChI=1S/C34H48N2O4S2/c37-27-35-31(25-29-15-9-7-10-16-29)33(39)19-23-41-21-13-5-3-1-2-4-6-14-22-42-24-20-34(40)32(36-28-38)26-30-17-11-8-12-18-30/h7-12,15-18,27-28,31-32H,1-6,13-14,19-26H2,(H,35,37)(H,36,38). The number of ketones is 2. The molecule has 8 heteroatoms. The Morgan fingerprint density at radius 1 is 0.548 bits per heavy atom. The molecule has 2 amide bonds. The number of hydrogen-bond acceptors (Lipinski definition) is 6. The Balaban J connectivity index is 1.38. The first-order valence-electron chi connectivity index (χ1n) is 15.3. The molecule has 0 aromatic heterocycles. The lowest BCUT2D eigenvalue weighted by Gasteiger charge is -2.15. The number of unbranched alkanes of at least 4 members (excludes halogenated alkanes) is 7. The molecular weight excluding hydrogens is 565 g/mol. The fraction of sp³-hybridized carbons (Fsp3) is 0.529. The third-order valence-corrected chi connectivity index (χ3v) is 9.33. The highest BCUT2D eigenvalue weighted by molar-refractivity contribution is 7.99. The topological polar surface area (TPSA) is 92.3 Å². The number of carbonyl (C=O) groups excluding carboxylic acids is 4. The number of carbonyl (C=O) groups is 4. The molecule has 2 aromatic carbocycles. The van der Waals surface area contributed by atoms with Crippen LogP contribution in [0.3, 0.4) is 0 Å². The maximum atomic E-state index is 12.5. The zero-order valence-corrected chi connectivity index (χ0v) is 26.5. The van der Waals surface area contributed by atoms with Crippen molar-refractivity contribution in [2.24, 2.45) is 0 Å². The molecule has 2 aromatic rings. The van der Waals surface area contributed by atoms with E-state index in [2.05, 4.69) is 10.6 Å². The van der Waals surface area contributed by atoms with Gasteiger partial charge in [-0.1, -0.05) is 99.2 Å². The Morgan fingerprint density at radius 3 is 1.26 bits per heavy atom. The monoisotopic (exact) mass is 612 g/mol. The minimum atomic E-state index is -0.442. The Labute approximate surface area is 261 Å². The van der Waals surface area contributed by atoms with Gasteiger partial charge in [-0.15, -0.1) is 0 Å². The molecule has 230 valence electrons.